The van der Waals surface area contributed by atoms with Crippen molar-refractivity contribution in [2.75, 3.05) is 13.7 Å². The summed E-state index contributed by atoms with van der Waals surface area (Å²) in [5.41, 5.74) is 1.30. The van der Waals surface area contributed by atoms with Gasteiger partial charge in [-0.1, -0.05) is 25.5 Å². The Morgan fingerprint density at radius 1 is 1.29 bits per heavy atom. The van der Waals surface area contributed by atoms with Crippen LogP contribution >= 0.6 is 27.3 Å². The summed E-state index contributed by atoms with van der Waals surface area (Å²) >= 11 is 5.31. The van der Waals surface area contributed by atoms with E-state index in [1.54, 1.807) is 11.3 Å². The van der Waals surface area contributed by atoms with Crippen molar-refractivity contribution in [2.24, 2.45) is 0 Å². The van der Waals surface area contributed by atoms with Gasteiger partial charge in [-0.2, -0.15) is 0 Å². The number of nitrogens with one attached hydrogen (secondary N) is 1. The molecule has 1 N–H and O–H groups in total. The van der Waals surface area contributed by atoms with Crippen molar-refractivity contribution in [3.8, 4) is 5.75 Å². The molecular weight excluding hydrogens is 346 g/mol. The van der Waals surface area contributed by atoms with Gasteiger partial charge in [0.1, 0.15) is 5.75 Å². The summed E-state index contributed by atoms with van der Waals surface area (Å²) in [6, 6.07) is 11.0. The van der Waals surface area contributed by atoms with Gasteiger partial charge in [0.05, 0.1) is 6.61 Å². The van der Waals surface area contributed by atoms with Crippen molar-refractivity contribution in [3.05, 3.63) is 50.6 Å². The van der Waals surface area contributed by atoms with Crippen LogP contribution < -0.4 is 10.1 Å². The number of hydrogen-bond acceptors (Lipinski definition) is 3. The standard InChI is InChI=1S/C17H22BrNOS/c1-3-4-9-20-15-7-5-13(6-8-15)17(19-2)11-16-10-14(18)12-21-16/h5-8,10,12,17,19H,3-4,9,11H2,1-2H3. The molecule has 21 heavy (non-hydrogen) atoms. The molecule has 0 spiro atoms. The number of thiophene rings is 1. The van der Waals surface area contributed by atoms with Crippen LogP contribution in [0, 0.1) is 0 Å². The third-order valence-electron chi connectivity index (χ3n) is 3.42. The van der Waals surface area contributed by atoms with Gasteiger partial charge in [0.15, 0.2) is 0 Å². The average Bonchev–Trinajstić information content (AvgIpc) is 2.91. The zero-order valence-electron chi connectivity index (χ0n) is 12.6. The molecule has 0 aliphatic carbocycles. The molecule has 0 fully saturated rings. The average molecular weight is 368 g/mol. The monoisotopic (exact) mass is 367 g/mol. The molecule has 1 aromatic heterocycles. The number of halogens is 1. The Labute approximate surface area is 139 Å². The molecule has 1 heterocycles. The quantitative estimate of drug-likeness (QED) is 0.647. The van der Waals surface area contributed by atoms with Crippen molar-refractivity contribution in [1.82, 2.24) is 5.32 Å². The molecule has 2 aromatic rings. The lowest BCUT2D eigenvalue weighted by atomic mass is 10.0. The molecule has 0 radical (unpaired) electrons. The van der Waals surface area contributed by atoms with Gasteiger partial charge >= 0.3 is 0 Å². The highest BCUT2D eigenvalue weighted by molar-refractivity contribution is 9.10. The largest absolute Gasteiger partial charge is 0.494 e. The first-order valence-electron chi connectivity index (χ1n) is 7.36. The first-order valence-corrected chi connectivity index (χ1v) is 9.03. The van der Waals surface area contributed by atoms with Gasteiger partial charge in [0, 0.05) is 27.2 Å². The molecule has 0 saturated heterocycles. The topological polar surface area (TPSA) is 21.3 Å². The minimum absolute atomic E-state index is 0.334. The van der Waals surface area contributed by atoms with Crippen LogP contribution in [0.3, 0.4) is 0 Å². The maximum Gasteiger partial charge on any atom is 0.119 e. The normalized spacial score (nSPS) is 12.3. The van der Waals surface area contributed by atoms with E-state index >= 15 is 0 Å². The fourth-order valence-electron chi connectivity index (χ4n) is 2.18. The van der Waals surface area contributed by atoms with Crippen molar-refractivity contribution < 1.29 is 4.74 Å². The summed E-state index contributed by atoms with van der Waals surface area (Å²) in [5.74, 6) is 0.959. The van der Waals surface area contributed by atoms with Gasteiger partial charge < -0.3 is 10.1 Å². The summed E-state index contributed by atoms with van der Waals surface area (Å²) < 4.78 is 6.88. The summed E-state index contributed by atoms with van der Waals surface area (Å²) in [7, 11) is 2.01. The Bertz CT molecular complexity index is 538. The van der Waals surface area contributed by atoms with E-state index in [0.717, 1.165) is 36.1 Å². The number of benzene rings is 1. The van der Waals surface area contributed by atoms with E-state index in [4.69, 9.17) is 4.74 Å². The van der Waals surface area contributed by atoms with E-state index in [1.807, 2.05) is 7.05 Å². The van der Waals surface area contributed by atoms with Gasteiger partial charge in [-0.05, 0) is 53.2 Å². The third-order valence-corrected chi connectivity index (χ3v) is 5.14. The first kappa shape index (κ1) is 16.5. The Kier molecular flexibility index (Phi) is 6.74. The minimum Gasteiger partial charge on any atom is -0.494 e. The number of unbranched alkanes of at least 4 members (excludes halogenated alkanes) is 1. The van der Waals surface area contributed by atoms with E-state index in [0.29, 0.717) is 6.04 Å². The van der Waals surface area contributed by atoms with Crippen LogP contribution in [0.4, 0.5) is 0 Å². The van der Waals surface area contributed by atoms with Crippen LogP contribution in [-0.4, -0.2) is 13.7 Å². The summed E-state index contributed by atoms with van der Waals surface area (Å²) in [4.78, 5) is 1.38. The van der Waals surface area contributed by atoms with Crippen molar-refractivity contribution in [1.29, 1.82) is 0 Å². The second-order valence-corrected chi connectivity index (χ2v) is 6.96. The molecule has 4 heteroatoms. The van der Waals surface area contributed by atoms with Gasteiger partial charge in [0.25, 0.3) is 0 Å². The summed E-state index contributed by atoms with van der Waals surface area (Å²) in [6.45, 7) is 2.97. The fourth-order valence-corrected chi connectivity index (χ4v) is 3.68. The van der Waals surface area contributed by atoms with Gasteiger partial charge in [-0.3, -0.25) is 0 Å². The van der Waals surface area contributed by atoms with E-state index in [2.05, 4.69) is 63.9 Å². The van der Waals surface area contributed by atoms with E-state index in [1.165, 1.54) is 10.4 Å². The van der Waals surface area contributed by atoms with Gasteiger partial charge in [-0.15, -0.1) is 11.3 Å². The Morgan fingerprint density at radius 2 is 2.05 bits per heavy atom. The smallest absolute Gasteiger partial charge is 0.119 e. The number of ether oxygens (including phenoxy) is 1. The van der Waals surface area contributed by atoms with Crippen LogP contribution in [0.25, 0.3) is 0 Å². The molecule has 0 amide bonds. The predicted molar refractivity (Wildman–Crippen MR) is 94.4 cm³/mol. The third kappa shape index (κ3) is 5.13. The second kappa shape index (κ2) is 8.57. The molecule has 0 bridgehead atoms. The summed E-state index contributed by atoms with van der Waals surface area (Å²) in [5, 5.41) is 5.53. The maximum absolute atomic E-state index is 5.71. The van der Waals surface area contributed by atoms with Crippen molar-refractivity contribution >= 4 is 27.3 Å². The molecule has 0 aliphatic heterocycles. The molecule has 1 unspecified atom stereocenters. The molecule has 0 aliphatic rings. The van der Waals surface area contributed by atoms with Crippen LogP contribution in [0.2, 0.25) is 0 Å². The fraction of sp³-hybridized carbons (Fsp3) is 0.412. The molecular formula is C17H22BrNOS. The van der Waals surface area contributed by atoms with Crippen molar-refractivity contribution in [3.63, 3.8) is 0 Å². The van der Waals surface area contributed by atoms with E-state index in [-0.39, 0.29) is 0 Å². The van der Waals surface area contributed by atoms with Crippen LogP contribution in [0.5, 0.6) is 5.75 Å². The zero-order valence-corrected chi connectivity index (χ0v) is 15.0. The van der Waals surface area contributed by atoms with E-state index < -0.39 is 0 Å². The zero-order chi connectivity index (χ0) is 15.1. The van der Waals surface area contributed by atoms with Gasteiger partial charge in [0.2, 0.25) is 0 Å². The van der Waals surface area contributed by atoms with Crippen LogP contribution in [0.1, 0.15) is 36.2 Å². The second-order valence-electron chi connectivity index (χ2n) is 5.05. The highest BCUT2D eigenvalue weighted by Gasteiger charge is 2.11. The molecule has 0 saturated carbocycles. The highest BCUT2D eigenvalue weighted by Crippen LogP contribution is 2.26. The van der Waals surface area contributed by atoms with Crippen molar-refractivity contribution in [2.45, 2.75) is 32.2 Å². The lowest BCUT2D eigenvalue weighted by Gasteiger charge is -2.16. The predicted octanol–water partition coefficient (Wildman–Crippen LogP) is 5.19. The van der Waals surface area contributed by atoms with Crippen LogP contribution in [-0.2, 0) is 6.42 Å². The first-order chi connectivity index (χ1) is 10.2. The highest BCUT2D eigenvalue weighted by atomic mass is 79.9. The lowest BCUT2D eigenvalue weighted by Crippen LogP contribution is -2.18. The number of rotatable bonds is 8. The van der Waals surface area contributed by atoms with Crippen LogP contribution in [0.15, 0.2) is 40.2 Å². The Balaban J connectivity index is 1.98. The number of hydrogen-bond donors (Lipinski definition) is 1. The minimum atomic E-state index is 0.334. The lowest BCUT2D eigenvalue weighted by molar-refractivity contribution is 0.309. The Morgan fingerprint density at radius 3 is 2.62 bits per heavy atom. The molecule has 1 aromatic carbocycles. The number of likely N-dealkylation sites (N-methyl/N-ethyl adjacent to an activating group) is 1. The van der Waals surface area contributed by atoms with E-state index in [9.17, 15) is 0 Å². The SMILES string of the molecule is CCCCOc1ccc(C(Cc2cc(Br)cs2)NC)cc1. The summed E-state index contributed by atoms with van der Waals surface area (Å²) in [6.07, 6.45) is 3.27. The van der Waals surface area contributed by atoms with Gasteiger partial charge in [-0.25, -0.2) is 0 Å². The Hall–Kier alpha value is -0.840. The molecule has 2 rings (SSSR count). The maximum atomic E-state index is 5.71. The molecule has 1 atom stereocenters. The molecule has 2 nitrogen and oxygen atoms in total. The molecule has 114 valence electrons.